The van der Waals surface area contributed by atoms with E-state index < -0.39 is 5.82 Å². The highest BCUT2D eigenvalue weighted by Gasteiger charge is 2.09. The average molecular weight is 288 g/mol. The summed E-state index contributed by atoms with van der Waals surface area (Å²) in [6, 6.07) is 5.25. The van der Waals surface area contributed by atoms with Gasteiger partial charge in [0, 0.05) is 12.3 Å². The van der Waals surface area contributed by atoms with Crippen LogP contribution in [-0.2, 0) is 6.61 Å². The van der Waals surface area contributed by atoms with Gasteiger partial charge in [-0.15, -0.1) is 0 Å². The van der Waals surface area contributed by atoms with Crippen molar-refractivity contribution in [2.75, 3.05) is 0 Å². The van der Waals surface area contributed by atoms with Crippen LogP contribution < -0.4 is 4.74 Å². The molecule has 0 amide bonds. The number of ether oxygens (including phenoxy) is 1. The third-order valence-electron chi connectivity index (χ3n) is 2.15. The van der Waals surface area contributed by atoms with Crippen LogP contribution in [0.5, 0.6) is 11.6 Å². The lowest BCUT2D eigenvalue weighted by Crippen LogP contribution is -1.93. The number of rotatable bonds is 3. The summed E-state index contributed by atoms with van der Waals surface area (Å²) in [6.45, 7) is -0.173. The zero-order valence-corrected chi connectivity index (χ0v) is 10.5. The number of halogens is 3. The highest BCUT2D eigenvalue weighted by atomic mass is 35.5. The van der Waals surface area contributed by atoms with Crippen LogP contribution in [0.3, 0.4) is 0 Å². The number of pyridine rings is 1. The van der Waals surface area contributed by atoms with Gasteiger partial charge in [0.2, 0.25) is 5.88 Å². The van der Waals surface area contributed by atoms with Gasteiger partial charge in [-0.25, -0.2) is 9.37 Å². The summed E-state index contributed by atoms with van der Waals surface area (Å²) < 4.78 is 18.4. The maximum absolute atomic E-state index is 13.0. The van der Waals surface area contributed by atoms with E-state index in [1.165, 1.54) is 24.4 Å². The predicted molar refractivity (Wildman–Crippen MR) is 66.7 cm³/mol. The van der Waals surface area contributed by atoms with Crippen LogP contribution in [0.25, 0.3) is 0 Å². The highest BCUT2D eigenvalue weighted by molar-refractivity contribution is 6.32. The van der Waals surface area contributed by atoms with Crippen molar-refractivity contribution in [2.24, 2.45) is 0 Å². The molecule has 18 heavy (non-hydrogen) atoms. The molecule has 0 fully saturated rings. The molecule has 0 spiro atoms. The molecule has 2 aromatic rings. The summed E-state index contributed by atoms with van der Waals surface area (Å²) in [5.41, 5.74) is 0.553. The van der Waals surface area contributed by atoms with Crippen molar-refractivity contribution in [2.45, 2.75) is 6.61 Å². The van der Waals surface area contributed by atoms with E-state index in [-0.39, 0.29) is 28.3 Å². The summed E-state index contributed by atoms with van der Waals surface area (Å²) in [7, 11) is 0. The molecule has 6 heteroatoms. The minimum Gasteiger partial charge on any atom is -0.436 e. The lowest BCUT2D eigenvalue weighted by molar-refractivity contribution is 0.281. The Kier molecular flexibility index (Phi) is 4.01. The molecule has 1 aromatic heterocycles. The number of nitrogens with zero attached hydrogens (tertiary/aromatic N) is 1. The quantitative estimate of drug-likeness (QED) is 0.933. The number of aliphatic hydroxyl groups excluding tert-OH is 1. The molecule has 0 saturated heterocycles. The molecule has 0 bridgehead atoms. The Morgan fingerprint density at radius 2 is 2.00 bits per heavy atom. The van der Waals surface area contributed by atoms with Crippen molar-refractivity contribution >= 4 is 23.2 Å². The van der Waals surface area contributed by atoms with Gasteiger partial charge in [0.05, 0.1) is 11.6 Å². The largest absolute Gasteiger partial charge is 0.436 e. The van der Waals surface area contributed by atoms with Crippen LogP contribution in [0.15, 0.2) is 30.5 Å². The van der Waals surface area contributed by atoms with E-state index in [2.05, 4.69) is 4.98 Å². The third-order valence-corrected chi connectivity index (χ3v) is 2.73. The van der Waals surface area contributed by atoms with Crippen LogP contribution in [0, 0.1) is 5.82 Å². The Bertz CT molecular complexity index is 578. The number of aliphatic hydroxyl groups is 1. The van der Waals surface area contributed by atoms with E-state index in [0.29, 0.717) is 5.56 Å². The summed E-state index contributed by atoms with van der Waals surface area (Å²) in [4.78, 5) is 3.92. The maximum Gasteiger partial charge on any atom is 0.238 e. The topological polar surface area (TPSA) is 42.4 Å². The molecule has 0 unspecified atom stereocenters. The minimum atomic E-state index is -0.475. The SMILES string of the molecule is OCc1cnc(Oc2cc(F)ccc2Cl)c(Cl)c1. The van der Waals surface area contributed by atoms with E-state index in [1.807, 2.05) is 0 Å². The van der Waals surface area contributed by atoms with Crippen molar-refractivity contribution < 1.29 is 14.2 Å². The van der Waals surface area contributed by atoms with E-state index in [4.69, 9.17) is 33.0 Å². The maximum atomic E-state index is 13.0. The van der Waals surface area contributed by atoms with Crippen molar-refractivity contribution in [3.63, 3.8) is 0 Å². The number of benzene rings is 1. The van der Waals surface area contributed by atoms with Gasteiger partial charge in [0.1, 0.15) is 10.8 Å². The third kappa shape index (κ3) is 2.90. The normalized spacial score (nSPS) is 10.4. The molecule has 0 radical (unpaired) electrons. The fourth-order valence-electron chi connectivity index (χ4n) is 1.29. The number of aromatic nitrogens is 1. The lowest BCUT2D eigenvalue weighted by Gasteiger charge is -2.08. The van der Waals surface area contributed by atoms with Gasteiger partial charge in [-0.05, 0) is 23.8 Å². The van der Waals surface area contributed by atoms with Crippen LogP contribution >= 0.6 is 23.2 Å². The number of hydrogen-bond acceptors (Lipinski definition) is 3. The van der Waals surface area contributed by atoms with Gasteiger partial charge >= 0.3 is 0 Å². The molecule has 94 valence electrons. The van der Waals surface area contributed by atoms with Gasteiger partial charge in [-0.3, -0.25) is 0 Å². The van der Waals surface area contributed by atoms with Gasteiger partial charge in [-0.1, -0.05) is 23.2 Å². The number of hydrogen-bond donors (Lipinski definition) is 1. The molecule has 0 aliphatic rings. The van der Waals surface area contributed by atoms with Crippen molar-refractivity contribution in [3.8, 4) is 11.6 Å². The van der Waals surface area contributed by atoms with Gasteiger partial charge in [0.25, 0.3) is 0 Å². The molecule has 0 saturated carbocycles. The van der Waals surface area contributed by atoms with Crippen LogP contribution in [-0.4, -0.2) is 10.1 Å². The second-order valence-electron chi connectivity index (χ2n) is 3.47. The Labute approximate surface area is 113 Å². The first-order valence-corrected chi connectivity index (χ1v) is 5.74. The first kappa shape index (κ1) is 13.1. The minimum absolute atomic E-state index is 0.0985. The molecule has 0 aliphatic heterocycles. The molecule has 3 nitrogen and oxygen atoms in total. The van der Waals surface area contributed by atoms with Crippen molar-refractivity contribution in [1.29, 1.82) is 0 Å². The summed E-state index contributed by atoms with van der Waals surface area (Å²) >= 11 is 11.8. The molecule has 0 aliphatic carbocycles. The second kappa shape index (κ2) is 5.52. The zero-order valence-electron chi connectivity index (χ0n) is 9.03. The Morgan fingerprint density at radius 1 is 1.22 bits per heavy atom. The van der Waals surface area contributed by atoms with Gasteiger partial charge in [-0.2, -0.15) is 0 Å². The zero-order chi connectivity index (χ0) is 13.1. The Balaban J connectivity index is 2.31. The first-order valence-electron chi connectivity index (χ1n) is 4.98. The van der Waals surface area contributed by atoms with E-state index >= 15 is 0 Å². The molecule has 1 N–H and O–H groups in total. The molecular formula is C12H8Cl2FNO2. The van der Waals surface area contributed by atoms with Gasteiger partial charge < -0.3 is 9.84 Å². The smallest absolute Gasteiger partial charge is 0.238 e. The first-order chi connectivity index (χ1) is 8.60. The fraction of sp³-hybridized carbons (Fsp3) is 0.0833. The van der Waals surface area contributed by atoms with Crippen molar-refractivity contribution in [1.82, 2.24) is 4.98 Å². The standard InChI is InChI=1S/C12H8Cl2FNO2/c13-9-2-1-8(15)4-11(9)18-12-10(14)3-7(6-17)5-16-12/h1-5,17H,6H2. The molecule has 2 rings (SSSR count). The van der Waals surface area contributed by atoms with E-state index in [0.717, 1.165) is 6.07 Å². The van der Waals surface area contributed by atoms with Crippen molar-refractivity contribution in [3.05, 3.63) is 51.9 Å². The van der Waals surface area contributed by atoms with Crippen LogP contribution in [0.1, 0.15) is 5.56 Å². The fourth-order valence-corrected chi connectivity index (χ4v) is 1.67. The summed E-state index contributed by atoms with van der Waals surface area (Å²) in [5, 5.41) is 9.37. The molecule has 1 heterocycles. The molecular weight excluding hydrogens is 280 g/mol. The Hall–Kier alpha value is -1.36. The average Bonchev–Trinajstić information content (AvgIpc) is 2.36. The lowest BCUT2D eigenvalue weighted by atomic mass is 10.3. The van der Waals surface area contributed by atoms with Crippen LogP contribution in [0.4, 0.5) is 4.39 Å². The second-order valence-corrected chi connectivity index (χ2v) is 4.28. The highest BCUT2D eigenvalue weighted by Crippen LogP contribution is 2.32. The monoisotopic (exact) mass is 287 g/mol. The molecule has 0 atom stereocenters. The van der Waals surface area contributed by atoms with E-state index in [9.17, 15) is 4.39 Å². The van der Waals surface area contributed by atoms with Gasteiger partial charge in [0.15, 0.2) is 5.75 Å². The van der Waals surface area contributed by atoms with Crippen LogP contribution in [0.2, 0.25) is 10.0 Å². The van der Waals surface area contributed by atoms with E-state index in [1.54, 1.807) is 0 Å². The summed E-state index contributed by atoms with van der Waals surface area (Å²) in [5.74, 6) is -0.248. The predicted octanol–water partition coefficient (Wildman–Crippen LogP) is 3.81. The molecule has 1 aromatic carbocycles. The summed E-state index contributed by atoms with van der Waals surface area (Å²) in [6.07, 6.45) is 1.41. The Morgan fingerprint density at radius 3 is 2.67 bits per heavy atom.